The summed E-state index contributed by atoms with van der Waals surface area (Å²) in [6.45, 7) is 49.3. The molecule has 1 fully saturated rings. The smallest absolute Gasteiger partial charge is 0.462 e. The Morgan fingerprint density at radius 2 is 0.779 bits per heavy atom. The number of hydrogen-bond acceptors (Lipinski definition) is 23. The first-order valence-corrected chi connectivity index (χ1v) is 47.6. The number of carbonyl (C=O) groups is 3. The van der Waals surface area contributed by atoms with E-state index in [1.807, 2.05) is 270 Å². The molecule has 6 aromatic carbocycles. The highest BCUT2D eigenvalue weighted by molar-refractivity contribution is 9.11. The molecule has 688 valence electrons. The molecule has 0 saturated carbocycles. The number of benzene rings is 6. The van der Waals surface area contributed by atoms with Gasteiger partial charge in [-0.3, -0.25) is 29.3 Å². The molecule has 1 aliphatic rings. The van der Waals surface area contributed by atoms with E-state index in [9.17, 15) is 14.4 Å². The minimum Gasteiger partial charge on any atom is -0.462 e. The van der Waals surface area contributed by atoms with Crippen LogP contribution in [-0.4, -0.2) is 133 Å². The lowest BCUT2D eigenvalue weighted by molar-refractivity contribution is -0.162. The molecule has 1 saturated heterocycles. The van der Waals surface area contributed by atoms with Crippen LogP contribution in [-0.2, 0) is 59.2 Å². The third kappa shape index (κ3) is 23.6. The van der Waals surface area contributed by atoms with Crippen LogP contribution < -0.4 is 5.46 Å². The SMILES string of the molecule is CC1(C)OB(c2cnc3[nH]ncc3c2)OC1(C)C.Cc1cc2nc(-c3cnc4[nH]ncc4c3)sc2c(-c2ccc(Cl)cc2)c1[C@@H](COC(=O)C(C)(C)C)OC(C)(C)C.Cc1cc2nc(-c3cnc4c(cnn4C)c3)sc2c(-c2ccc(Cl)cc2)c1[C@@H](COC(=O)C(C)(C)C)OC(C)(C)C.Cc1cc2nc(Br)sc2c(-c2ccc(Cl)cc2)c1[C@@H](COC(=O)C(C)(C)C)OC(C)(C)C. The maximum Gasteiger partial charge on any atom is 0.496 e. The van der Waals surface area contributed by atoms with E-state index in [4.69, 9.17) is 82.5 Å². The Kier molecular flexibility index (Phi) is 29.3. The van der Waals surface area contributed by atoms with Crippen LogP contribution in [0.1, 0.15) is 204 Å². The topological polar surface area (TPSA) is 278 Å². The van der Waals surface area contributed by atoms with Crippen molar-refractivity contribution in [2.45, 2.75) is 219 Å². The van der Waals surface area contributed by atoms with Crippen LogP contribution in [0, 0.1) is 37.0 Å². The van der Waals surface area contributed by atoms with Crippen molar-refractivity contribution >= 4 is 179 Å². The molecule has 0 amide bonds. The monoisotopic (exact) mass is 1950 g/mol. The molecule has 10 heterocycles. The molecule has 16 rings (SSSR count). The normalized spacial score (nSPS) is 14.4. The summed E-state index contributed by atoms with van der Waals surface area (Å²) in [5.74, 6) is -0.804. The number of esters is 3. The number of thiazole rings is 3. The number of H-pyrrole nitrogens is 2. The predicted molar refractivity (Wildman–Crippen MR) is 534 cm³/mol. The molecule has 131 heavy (non-hydrogen) atoms. The number of fused-ring (bicyclic) bond motifs is 6. The van der Waals surface area contributed by atoms with E-state index in [1.165, 1.54) is 0 Å². The van der Waals surface area contributed by atoms with E-state index < -0.39 is 51.4 Å². The maximum absolute atomic E-state index is 12.8. The number of carbonyl (C=O) groups excluding carboxylic acids is 3. The van der Waals surface area contributed by atoms with E-state index >= 15 is 0 Å². The first-order chi connectivity index (χ1) is 61.2. The minimum atomic E-state index is -0.625. The molecule has 1 aliphatic heterocycles. The highest BCUT2D eigenvalue weighted by Crippen LogP contribution is 2.50. The summed E-state index contributed by atoms with van der Waals surface area (Å²) >= 11 is 27.1. The lowest BCUT2D eigenvalue weighted by atomic mass is 9.80. The molecule has 31 heteroatoms. The molecule has 0 bridgehead atoms. The molecule has 0 radical (unpaired) electrons. The van der Waals surface area contributed by atoms with Crippen LogP contribution in [0.25, 0.3) is 118 Å². The van der Waals surface area contributed by atoms with Crippen molar-refractivity contribution in [3.63, 3.8) is 0 Å². The Morgan fingerprint density at radius 1 is 0.443 bits per heavy atom. The number of nitrogens with zero attached hydrogens (tertiary/aromatic N) is 10. The third-order valence-electron chi connectivity index (χ3n) is 21.7. The van der Waals surface area contributed by atoms with Gasteiger partial charge in [-0.15, -0.1) is 34.0 Å². The van der Waals surface area contributed by atoms with Crippen molar-refractivity contribution in [2.75, 3.05) is 19.8 Å². The maximum atomic E-state index is 12.8. The van der Waals surface area contributed by atoms with Gasteiger partial charge >= 0.3 is 25.0 Å². The first-order valence-electron chi connectivity index (χ1n) is 43.2. The van der Waals surface area contributed by atoms with Gasteiger partial charge in [-0.1, -0.05) is 71.2 Å². The Hall–Kier alpha value is -9.53. The second-order valence-electron chi connectivity index (χ2n) is 39.8. The predicted octanol–water partition coefficient (Wildman–Crippen LogP) is 26.0. The second-order valence-corrected chi connectivity index (χ2v) is 45.4. The Bertz CT molecular complexity index is 6690. The average Bonchev–Trinajstić information content (AvgIpc) is 1.08. The third-order valence-corrected chi connectivity index (χ3v) is 26.3. The van der Waals surface area contributed by atoms with Crippen molar-refractivity contribution in [2.24, 2.45) is 23.3 Å². The van der Waals surface area contributed by atoms with Crippen LogP contribution in [0.4, 0.5) is 0 Å². The first kappa shape index (κ1) is 99.0. The minimum absolute atomic E-state index is 0.0903. The van der Waals surface area contributed by atoms with Crippen molar-refractivity contribution in [1.82, 2.24) is 60.1 Å². The molecule has 23 nitrogen and oxygen atoms in total. The largest absolute Gasteiger partial charge is 0.496 e. The number of aryl methyl sites for hydroxylation is 4. The van der Waals surface area contributed by atoms with Gasteiger partial charge in [-0.2, -0.15) is 15.3 Å². The fourth-order valence-corrected chi connectivity index (χ4v) is 18.9. The molecule has 0 aliphatic carbocycles. The molecule has 0 unspecified atom stereocenters. The van der Waals surface area contributed by atoms with Crippen LogP contribution in [0.5, 0.6) is 0 Å². The zero-order chi connectivity index (χ0) is 95.3. The van der Waals surface area contributed by atoms with Gasteiger partial charge in [0.15, 0.2) is 20.9 Å². The number of halogens is 4. The van der Waals surface area contributed by atoms with Crippen LogP contribution in [0.15, 0.2) is 150 Å². The van der Waals surface area contributed by atoms with Crippen LogP contribution >= 0.6 is 84.7 Å². The summed E-state index contributed by atoms with van der Waals surface area (Å²) in [6, 6.07) is 35.7. The van der Waals surface area contributed by atoms with Gasteiger partial charge in [-0.25, -0.2) is 29.9 Å². The van der Waals surface area contributed by atoms with Gasteiger partial charge in [0.1, 0.15) is 48.1 Å². The Balaban J connectivity index is 0.000000154. The van der Waals surface area contributed by atoms with Gasteiger partial charge < -0.3 is 37.7 Å². The molecule has 9 aromatic heterocycles. The zero-order valence-corrected chi connectivity index (χ0v) is 85.3. The molecule has 0 spiro atoms. The Morgan fingerprint density at radius 3 is 1.15 bits per heavy atom. The summed E-state index contributed by atoms with van der Waals surface area (Å²) in [5, 5.41) is 24.6. The average molecular weight is 1950 g/mol. The molecule has 3 atom stereocenters. The molecular weight excluding hydrogens is 1840 g/mol. The molecule has 2 N–H and O–H groups in total. The van der Waals surface area contributed by atoms with E-state index in [-0.39, 0.29) is 56.0 Å². The summed E-state index contributed by atoms with van der Waals surface area (Å²) < 4.78 is 54.7. The highest BCUT2D eigenvalue weighted by Gasteiger charge is 2.52. The fourth-order valence-electron chi connectivity index (χ4n) is 14.8. The lowest BCUT2D eigenvalue weighted by Crippen LogP contribution is -2.41. The van der Waals surface area contributed by atoms with Crippen molar-refractivity contribution in [3.8, 4) is 54.5 Å². The van der Waals surface area contributed by atoms with Crippen LogP contribution in [0.3, 0.4) is 0 Å². The van der Waals surface area contributed by atoms with Crippen molar-refractivity contribution in [3.05, 3.63) is 199 Å². The summed E-state index contributed by atoms with van der Waals surface area (Å²) in [7, 11) is 1.51. The fraction of sp³-hybridized carbons (Fsp3) is 0.400. The van der Waals surface area contributed by atoms with Gasteiger partial charge in [0.25, 0.3) is 0 Å². The highest BCUT2D eigenvalue weighted by atomic mass is 79.9. The number of nitrogens with one attached hydrogen (secondary N) is 2. The lowest BCUT2D eigenvalue weighted by Gasteiger charge is -2.32. The summed E-state index contributed by atoms with van der Waals surface area (Å²) in [6.07, 6.45) is 9.28. The van der Waals surface area contributed by atoms with Gasteiger partial charge in [-0.05, 0) is 312 Å². The van der Waals surface area contributed by atoms with Gasteiger partial charge in [0.05, 0.1) is 93.5 Å². The van der Waals surface area contributed by atoms with Crippen LogP contribution in [0.2, 0.25) is 15.1 Å². The van der Waals surface area contributed by atoms with Crippen molar-refractivity contribution in [1.29, 1.82) is 0 Å². The number of hydrogen-bond donors (Lipinski definition) is 2. The molecular formula is C100H113BBrCl3N12O11S3. The Labute approximate surface area is 800 Å². The van der Waals surface area contributed by atoms with Gasteiger partial charge in [0, 0.05) is 90.1 Å². The summed E-state index contributed by atoms with van der Waals surface area (Å²) in [5.41, 5.74) is 15.8. The second kappa shape index (κ2) is 38.8. The number of aromatic nitrogens is 12. The van der Waals surface area contributed by atoms with E-state index in [0.717, 1.165) is 161 Å². The number of aromatic amines is 2. The quantitative estimate of drug-likeness (QED) is 0.0459. The number of pyridine rings is 3. The zero-order valence-electron chi connectivity index (χ0n) is 79.0. The van der Waals surface area contributed by atoms with E-state index in [1.54, 1.807) is 57.3 Å². The standard InChI is InChI=1S/C32H35ClN4O3S.C31H33ClN4O3S.C25H29BrClNO3S.C12H16BN3O2/c1-18-13-23-27(41-29(36-23)21-14-20-16-35-37(8)28(20)34-15-21)26(19-9-11-22(33)12-10-19)25(18)24(40-32(5,6)7)17-39-30(38)31(2,3)4;1-17-12-22-26(40-28(35-22)20-13-19-15-34-36-27(19)33-14-20)25(18-8-10-21(32)11-9-18)24(17)23(39-31(5,6)7)16-38-29(37)30(2,3)4;1-14-12-17-21(32-23(26)28-17)20(15-8-10-16(27)11-9-15)19(14)18(31-25(5,6)7)13-30-22(29)24(2,3)4;1-11(2)12(3,4)18-13(17-11)9-5-8-6-15-16-10(8)14-7-9/h9-16,24H,17H2,1-8H3;8-15,23H,16H2,1-7H3,(H,33,34,36);8-12,18H,13H2,1-7H3;5-7H,1-4H3,(H,14,15,16)/t24-;23-;18-;/m111./s1. The number of rotatable bonds is 18. The molecule has 15 aromatic rings. The number of ether oxygens (including phenoxy) is 6. The van der Waals surface area contributed by atoms with Gasteiger partial charge in [0.2, 0.25) is 0 Å². The van der Waals surface area contributed by atoms with E-state index in [0.29, 0.717) is 15.1 Å². The van der Waals surface area contributed by atoms with E-state index in [2.05, 4.69) is 99.5 Å². The summed E-state index contributed by atoms with van der Waals surface area (Å²) in [4.78, 5) is 66.3. The van der Waals surface area contributed by atoms with Crippen molar-refractivity contribution < 1.29 is 52.1 Å².